The van der Waals surface area contributed by atoms with Gasteiger partial charge in [0.15, 0.2) is 0 Å². The van der Waals surface area contributed by atoms with Crippen molar-refractivity contribution in [3.8, 4) is 5.75 Å². The Morgan fingerprint density at radius 3 is 2.67 bits per heavy atom. The second kappa shape index (κ2) is 6.46. The van der Waals surface area contributed by atoms with Gasteiger partial charge in [-0.2, -0.15) is 0 Å². The van der Waals surface area contributed by atoms with Gasteiger partial charge in [0, 0.05) is 20.0 Å². The van der Waals surface area contributed by atoms with E-state index >= 15 is 0 Å². The number of benzene rings is 1. The van der Waals surface area contributed by atoms with Gasteiger partial charge in [-0.05, 0) is 44.7 Å². The maximum atomic E-state index is 13.2. The molecule has 5 heteroatoms. The van der Waals surface area contributed by atoms with Crippen LogP contribution in [0.4, 0.5) is 0 Å². The van der Waals surface area contributed by atoms with E-state index in [2.05, 4.69) is 6.92 Å². The molecule has 2 amide bonds. The summed E-state index contributed by atoms with van der Waals surface area (Å²) < 4.78 is 5.37. The monoisotopic (exact) mass is 330 g/mol. The summed E-state index contributed by atoms with van der Waals surface area (Å²) in [7, 11) is 1.59. The van der Waals surface area contributed by atoms with Crippen molar-refractivity contribution in [3.63, 3.8) is 0 Å². The number of para-hydroxylation sites is 1. The topological polar surface area (TPSA) is 49.9 Å². The van der Waals surface area contributed by atoms with E-state index in [1.807, 2.05) is 34.1 Å². The number of methoxy groups -OCH3 is 1. The molecule has 1 aromatic rings. The standard InChI is InChI=1S/C19H26N2O3/c1-14(22)21-13-6-10-17-19(21,2)11-7-12-20(17)18(23)15-8-4-5-9-16(15)24-3/h4-5,8-9,17H,6-7,10-13H2,1-3H3/t17-,19+/m1/s1. The Bertz CT molecular complexity index is 645. The number of amides is 2. The summed E-state index contributed by atoms with van der Waals surface area (Å²) in [6, 6.07) is 7.44. The first-order valence-electron chi connectivity index (χ1n) is 8.71. The van der Waals surface area contributed by atoms with Crippen LogP contribution in [0.3, 0.4) is 0 Å². The molecule has 1 aromatic carbocycles. The van der Waals surface area contributed by atoms with Crippen LogP contribution >= 0.6 is 0 Å². The third kappa shape index (κ3) is 2.66. The van der Waals surface area contributed by atoms with E-state index in [9.17, 15) is 9.59 Å². The minimum absolute atomic E-state index is 0.00813. The largest absolute Gasteiger partial charge is 0.496 e. The fourth-order valence-corrected chi connectivity index (χ4v) is 4.48. The van der Waals surface area contributed by atoms with Crippen LogP contribution < -0.4 is 4.74 Å². The van der Waals surface area contributed by atoms with Crippen molar-refractivity contribution in [2.45, 2.75) is 51.1 Å². The highest BCUT2D eigenvalue weighted by molar-refractivity contribution is 5.97. The van der Waals surface area contributed by atoms with Crippen LogP contribution in [0.2, 0.25) is 0 Å². The summed E-state index contributed by atoms with van der Waals surface area (Å²) in [5.41, 5.74) is 0.337. The molecular weight excluding hydrogens is 304 g/mol. The minimum Gasteiger partial charge on any atom is -0.496 e. The number of piperidine rings is 2. The molecule has 2 aliphatic rings. The van der Waals surface area contributed by atoms with E-state index in [-0.39, 0.29) is 23.4 Å². The lowest BCUT2D eigenvalue weighted by Crippen LogP contribution is -2.67. The van der Waals surface area contributed by atoms with Crippen LogP contribution in [-0.4, -0.2) is 53.4 Å². The van der Waals surface area contributed by atoms with Gasteiger partial charge in [-0.3, -0.25) is 9.59 Å². The summed E-state index contributed by atoms with van der Waals surface area (Å²) in [6.07, 6.45) is 3.75. The average molecular weight is 330 g/mol. The molecule has 0 bridgehead atoms. The molecule has 2 aliphatic heterocycles. The van der Waals surface area contributed by atoms with Gasteiger partial charge in [-0.25, -0.2) is 0 Å². The predicted octanol–water partition coefficient (Wildman–Crippen LogP) is 2.70. The van der Waals surface area contributed by atoms with Crippen molar-refractivity contribution in [3.05, 3.63) is 29.8 Å². The first kappa shape index (κ1) is 16.8. The second-order valence-corrected chi connectivity index (χ2v) is 6.99. The van der Waals surface area contributed by atoms with Crippen molar-refractivity contribution in [1.29, 1.82) is 0 Å². The van der Waals surface area contributed by atoms with E-state index in [1.165, 1.54) is 0 Å². The lowest BCUT2D eigenvalue weighted by molar-refractivity contribution is -0.143. The average Bonchev–Trinajstić information content (AvgIpc) is 2.59. The normalized spacial score (nSPS) is 26.7. The number of ether oxygens (including phenoxy) is 1. The van der Waals surface area contributed by atoms with Crippen molar-refractivity contribution >= 4 is 11.8 Å². The van der Waals surface area contributed by atoms with Crippen LogP contribution in [0.15, 0.2) is 24.3 Å². The molecule has 2 heterocycles. The SMILES string of the molecule is COc1ccccc1C(=O)N1CCC[C@@]2(C)[C@H]1CCCN2C(C)=O. The van der Waals surface area contributed by atoms with Crippen LogP contribution in [-0.2, 0) is 4.79 Å². The summed E-state index contributed by atoms with van der Waals surface area (Å²) in [6.45, 7) is 5.30. The van der Waals surface area contributed by atoms with E-state index in [0.29, 0.717) is 11.3 Å². The Morgan fingerprint density at radius 2 is 1.96 bits per heavy atom. The molecule has 0 spiro atoms. The zero-order valence-corrected chi connectivity index (χ0v) is 14.7. The Kier molecular flexibility index (Phi) is 4.52. The third-order valence-corrected chi connectivity index (χ3v) is 5.63. The van der Waals surface area contributed by atoms with E-state index < -0.39 is 0 Å². The molecule has 130 valence electrons. The molecule has 2 fully saturated rings. The van der Waals surface area contributed by atoms with Crippen LogP contribution in [0.5, 0.6) is 5.75 Å². The number of likely N-dealkylation sites (tertiary alicyclic amines) is 2. The molecule has 0 N–H and O–H groups in total. The maximum Gasteiger partial charge on any atom is 0.257 e. The zero-order valence-electron chi connectivity index (χ0n) is 14.7. The highest BCUT2D eigenvalue weighted by Gasteiger charge is 2.49. The summed E-state index contributed by atoms with van der Waals surface area (Å²) in [5, 5.41) is 0. The summed E-state index contributed by atoms with van der Waals surface area (Å²) in [5.74, 6) is 0.719. The second-order valence-electron chi connectivity index (χ2n) is 6.99. The van der Waals surface area contributed by atoms with Gasteiger partial charge in [-0.15, -0.1) is 0 Å². The number of carbonyl (C=O) groups excluding carboxylic acids is 2. The van der Waals surface area contributed by atoms with Gasteiger partial charge in [0.1, 0.15) is 5.75 Å². The first-order valence-corrected chi connectivity index (χ1v) is 8.71. The highest BCUT2D eigenvalue weighted by Crippen LogP contribution is 2.40. The van der Waals surface area contributed by atoms with Gasteiger partial charge < -0.3 is 14.5 Å². The Morgan fingerprint density at radius 1 is 1.21 bits per heavy atom. The van der Waals surface area contributed by atoms with Gasteiger partial charge in [0.2, 0.25) is 5.91 Å². The summed E-state index contributed by atoms with van der Waals surface area (Å²) >= 11 is 0. The number of hydrogen-bond donors (Lipinski definition) is 0. The quantitative estimate of drug-likeness (QED) is 0.838. The lowest BCUT2D eigenvalue weighted by atomic mass is 9.75. The predicted molar refractivity (Wildman–Crippen MR) is 92.1 cm³/mol. The molecule has 0 saturated carbocycles. The number of hydrogen-bond acceptors (Lipinski definition) is 3. The third-order valence-electron chi connectivity index (χ3n) is 5.63. The van der Waals surface area contributed by atoms with Gasteiger partial charge in [-0.1, -0.05) is 12.1 Å². The molecule has 0 unspecified atom stereocenters. The molecule has 2 saturated heterocycles. The minimum atomic E-state index is -0.264. The van der Waals surface area contributed by atoms with Crippen molar-refractivity contribution < 1.29 is 14.3 Å². The molecule has 0 aliphatic carbocycles. The van der Waals surface area contributed by atoms with E-state index in [0.717, 1.165) is 38.8 Å². The number of nitrogens with zero attached hydrogens (tertiary/aromatic N) is 2. The van der Waals surface area contributed by atoms with Gasteiger partial charge in [0.25, 0.3) is 5.91 Å². The van der Waals surface area contributed by atoms with Crippen LogP contribution in [0.1, 0.15) is 49.9 Å². The fraction of sp³-hybridized carbons (Fsp3) is 0.579. The molecule has 5 nitrogen and oxygen atoms in total. The first-order chi connectivity index (χ1) is 11.5. The molecule has 3 rings (SSSR count). The lowest BCUT2D eigenvalue weighted by Gasteiger charge is -2.56. The van der Waals surface area contributed by atoms with E-state index in [4.69, 9.17) is 4.74 Å². The van der Waals surface area contributed by atoms with Crippen molar-refractivity contribution in [2.24, 2.45) is 0 Å². The zero-order chi connectivity index (χ0) is 17.3. The maximum absolute atomic E-state index is 13.2. The molecule has 0 radical (unpaired) electrons. The van der Waals surface area contributed by atoms with Crippen molar-refractivity contribution in [2.75, 3.05) is 20.2 Å². The molecular formula is C19H26N2O3. The molecule has 24 heavy (non-hydrogen) atoms. The number of fused-ring (bicyclic) bond motifs is 1. The molecule has 0 aromatic heterocycles. The van der Waals surface area contributed by atoms with Crippen LogP contribution in [0.25, 0.3) is 0 Å². The molecule has 2 atom stereocenters. The van der Waals surface area contributed by atoms with Gasteiger partial charge >= 0.3 is 0 Å². The fourth-order valence-electron chi connectivity index (χ4n) is 4.48. The number of rotatable bonds is 2. The smallest absolute Gasteiger partial charge is 0.257 e. The highest BCUT2D eigenvalue weighted by atomic mass is 16.5. The number of carbonyl (C=O) groups is 2. The van der Waals surface area contributed by atoms with Crippen LogP contribution in [0, 0.1) is 0 Å². The van der Waals surface area contributed by atoms with Crippen molar-refractivity contribution in [1.82, 2.24) is 9.80 Å². The van der Waals surface area contributed by atoms with E-state index in [1.54, 1.807) is 14.0 Å². The Balaban J connectivity index is 1.93. The van der Waals surface area contributed by atoms with Gasteiger partial charge in [0.05, 0.1) is 24.3 Å². The summed E-state index contributed by atoms with van der Waals surface area (Å²) in [4.78, 5) is 29.2. The Hall–Kier alpha value is -2.04. The Labute approximate surface area is 143 Å².